The Balaban J connectivity index is 3.53. The van der Waals surface area contributed by atoms with Crippen LogP contribution >= 0.6 is 0 Å². The van der Waals surface area contributed by atoms with Crippen LogP contribution < -0.4 is 5.32 Å². The third-order valence-electron chi connectivity index (χ3n) is 2.52. The molecule has 0 unspecified atom stereocenters. The molecule has 4 nitrogen and oxygen atoms in total. The first-order valence-electron chi connectivity index (χ1n) is 5.66. The molecule has 0 aromatic heterocycles. The zero-order valence-corrected chi connectivity index (χ0v) is 10.4. The van der Waals surface area contributed by atoms with Gasteiger partial charge in [0.2, 0.25) is 0 Å². The quantitative estimate of drug-likeness (QED) is 0.611. The summed E-state index contributed by atoms with van der Waals surface area (Å²) in [6.45, 7) is 10.4. The Bertz CT molecular complexity index is 170. The van der Waals surface area contributed by atoms with E-state index in [-0.39, 0.29) is 12.0 Å². The van der Waals surface area contributed by atoms with Crippen molar-refractivity contribution in [2.45, 2.75) is 33.2 Å². The van der Waals surface area contributed by atoms with Gasteiger partial charge in [0.25, 0.3) is 0 Å². The molecule has 0 aromatic rings. The Morgan fingerprint density at radius 3 is 2.47 bits per heavy atom. The minimum atomic E-state index is -0.155. The maximum atomic E-state index is 11.0. The Labute approximate surface area is 93.0 Å². The first-order chi connectivity index (χ1) is 7.13. The van der Waals surface area contributed by atoms with Gasteiger partial charge in [0.05, 0.1) is 13.5 Å². The van der Waals surface area contributed by atoms with Crippen LogP contribution in [-0.2, 0) is 9.53 Å². The van der Waals surface area contributed by atoms with Crippen LogP contribution in [0.15, 0.2) is 0 Å². The van der Waals surface area contributed by atoms with E-state index in [4.69, 9.17) is 0 Å². The van der Waals surface area contributed by atoms with Gasteiger partial charge in [0, 0.05) is 19.1 Å². The Morgan fingerprint density at radius 2 is 2.00 bits per heavy atom. The zero-order valence-electron chi connectivity index (χ0n) is 10.4. The summed E-state index contributed by atoms with van der Waals surface area (Å²) < 4.78 is 4.60. The van der Waals surface area contributed by atoms with E-state index in [1.807, 2.05) is 6.92 Å². The average molecular weight is 216 g/mol. The highest BCUT2D eigenvalue weighted by atomic mass is 16.5. The molecule has 0 bridgehead atoms. The van der Waals surface area contributed by atoms with Crippen LogP contribution in [0.25, 0.3) is 0 Å². The number of likely N-dealkylation sites (N-methyl/N-ethyl adjacent to an activating group) is 1. The van der Waals surface area contributed by atoms with Gasteiger partial charge in [0.1, 0.15) is 0 Å². The minimum absolute atomic E-state index is 0.155. The third-order valence-corrected chi connectivity index (χ3v) is 2.52. The molecule has 1 atom stereocenters. The van der Waals surface area contributed by atoms with Crippen molar-refractivity contribution in [2.24, 2.45) is 0 Å². The normalized spacial score (nSPS) is 12.9. The van der Waals surface area contributed by atoms with Gasteiger partial charge in [-0.25, -0.2) is 0 Å². The first-order valence-corrected chi connectivity index (χ1v) is 5.66. The monoisotopic (exact) mass is 216 g/mol. The van der Waals surface area contributed by atoms with Gasteiger partial charge in [0.15, 0.2) is 0 Å². The van der Waals surface area contributed by atoms with Gasteiger partial charge in [-0.05, 0) is 20.0 Å². The summed E-state index contributed by atoms with van der Waals surface area (Å²) in [5.41, 5.74) is 0. The van der Waals surface area contributed by atoms with E-state index in [0.717, 1.165) is 26.2 Å². The number of hydrogen-bond acceptors (Lipinski definition) is 4. The van der Waals surface area contributed by atoms with Crippen molar-refractivity contribution < 1.29 is 9.53 Å². The number of nitrogens with zero attached hydrogens (tertiary/aromatic N) is 1. The van der Waals surface area contributed by atoms with E-state index in [1.54, 1.807) is 0 Å². The predicted octanol–water partition coefficient (Wildman–Crippen LogP) is 0.869. The van der Waals surface area contributed by atoms with E-state index in [2.05, 4.69) is 28.8 Å². The second-order valence-electron chi connectivity index (χ2n) is 3.66. The Kier molecular flexibility index (Phi) is 8.33. The van der Waals surface area contributed by atoms with Gasteiger partial charge in [-0.1, -0.05) is 13.8 Å². The lowest BCUT2D eigenvalue weighted by atomic mass is 10.2. The summed E-state index contributed by atoms with van der Waals surface area (Å²) in [5.74, 6) is -0.155. The van der Waals surface area contributed by atoms with E-state index >= 15 is 0 Å². The SMILES string of the molecule is CCN(CC)CCN[C@@H](C)CC(=O)OC. The van der Waals surface area contributed by atoms with E-state index in [1.165, 1.54) is 7.11 Å². The number of hydrogen-bond donors (Lipinski definition) is 1. The van der Waals surface area contributed by atoms with Gasteiger partial charge >= 0.3 is 5.97 Å². The summed E-state index contributed by atoms with van der Waals surface area (Å²) in [6.07, 6.45) is 0.439. The zero-order chi connectivity index (χ0) is 11.7. The highest BCUT2D eigenvalue weighted by Crippen LogP contribution is 1.93. The molecular weight excluding hydrogens is 192 g/mol. The van der Waals surface area contributed by atoms with Crippen LogP contribution in [0, 0.1) is 0 Å². The van der Waals surface area contributed by atoms with Gasteiger partial charge < -0.3 is 15.0 Å². The molecule has 0 fully saturated rings. The molecule has 0 rings (SSSR count). The number of carbonyl (C=O) groups excluding carboxylic acids is 1. The fourth-order valence-electron chi connectivity index (χ4n) is 1.41. The van der Waals surface area contributed by atoms with Crippen molar-refractivity contribution in [2.75, 3.05) is 33.3 Å². The molecule has 0 aliphatic heterocycles. The fourth-order valence-corrected chi connectivity index (χ4v) is 1.41. The average Bonchev–Trinajstić information content (AvgIpc) is 2.24. The van der Waals surface area contributed by atoms with Crippen molar-refractivity contribution in [3.8, 4) is 0 Å². The second-order valence-corrected chi connectivity index (χ2v) is 3.66. The molecule has 0 heterocycles. The van der Waals surface area contributed by atoms with Crippen LogP contribution in [-0.4, -0.2) is 50.2 Å². The largest absolute Gasteiger partial charge is 0.469 e. The van der Waals surface area contributed by atoms with Gasteiger partial charge in [-0.2, -0.15) is 0 Å². The van der Waals surface area contributed by atoms with Gasteiger partial charge in [-0.3, -0.25) is 4.79 Å². The van der Waals surface area contributed by atoms with E-state index in [9.17, 15) is 4.79 Å². The predicted molar refractivity (Wildman–Crippen MR) is 61.9 cm³/mol. The molecular formula is C11H24N2O2. The van der Waals surface area contributed by atoms with Crippen molar-refractivity contribution in [1.29, 1.82) is 0 Å². The van der Waals surface area contributed by atoms with Crippen molar-refractivity contribution >= 4 is 5.97 Å². The topological polar surface area (TPSA) is 41.6 Å². The van der Waals surface area contributed by atoms with Crippen molar-refractivity contribution in [3.63, 3.8) is 0 Å². The minimum Gasteiger partial charge on any atom is -0.469 e. The second kappa shape index (κ2) is 8.68. The van der Waals surface area contributed by atoms with Crippen LogP contribution in [0.1, 0.15) is 27.2 Å². The maximum Gasteiger partial charge on any atom is 0.307 e. The van der Waals surface area contributed by atoms with Crippen LogP contribution in [0.3, 0.4) is 0 Å². The number of nitrogens with one attached hydrogen (secondary N) is 1. The lowest BCUT2D eigenvalue weighted by molar-refractivity contribution is -0.141. The van der Waals surface area contributed by atoms with Crippen molar-refractivity contribution in [1.82, 2.24) is 10.2 Å². The molecule has 0 spiro atoms. The molecule has 4 heteroatoms. The lowest BCUT2D eigenvalue weighted by Crippen LogP contribution is -2.36. The van der Waals surface area contributed by atoms with Crippen molar-refractivity contribution in [3.05, 3.63) is 0 Å². The first kappa shape index (κ1) is 14.4. The van der Waals surface area contributed by atoms with E-state index < -0.39 is 0 Å². The Morgan fingerprint density at radius 1 is 1.40 bits per heavy atom. The van der Waals surface area contributed by atoms with Crippen LogP contribution in [0.5, 0.6) is 0 Å². The number of esters is 1. The van der Waals surface area contributed by atoms with Gasteiger partial charge in [-0.15, -0.1) is 0 Å². The maximum absolute atomic E-state index is 11.0. The molecule has 0 amide bonds. The molecule has 15 heavy (non-hydrogen) atoms. The summed E-state index contributed by atoms with van der Waals surface area (Å²) in [4.78, 5) is 13.3. The molecule has 0 aliphatic carbocycles. The standard InChI is InChI=1S/C11H24N2O2/c1-5-13(6-2)8-7-12-10(3)9-11(14)15-4/h10,12H,5-9H2,1-4H3/t10-/m0/s1. The highest BCUT2D eigenvalue weighted by Gasteiger charge is 2.08. The summed E-state index contributed by atoms with van der Waals surface area (Å²) in [7, 11) is 1.42. The molecule has 90 valence electrons. The summed E-state index contributed by atoms with van der Waals surface area (Å²) >= 11 is 0. The fraction of sp³-hybridized carbons (Fsp3) is 0.909. The van der Waals surface area contributed by atoms with Crippen LogP contribution in [0.2, 0.25) is 0 Å². The molecule has 0 saturated carbocycles. The molecule has 0 radical (unpaired) electrons. The number of methoxy groups -OCH3 is 1. The van der Waals surface area contributed by atoms with Crippen LogP contribution in [0.4, 0.5) is 0 Å². The highest BCUT2D eigenvalue weighted by molar-refractivity contribution is 5.69. The number of carbonyl (C=O) groups is 1. The molecule has 0 aromatic carbocycles. The molecule has 1 N–H and O–H groups in total. The third kappa shape index (κ3) is 7.33. The van der Waals surface area contributed by atoms with E-state index in [0.29, 0.717) is 6.42 Å². The Hall–Kier alpha value is -0.610. The summed E-state index contributed by atoms with van der Waals surface area (Å²) in [5, 5.41) is 3.30. The molecule has 0 aliphatic rings. The smallest absolute Gasteiger partial charge is 0.307 e. The number of ether oxygens (including phenoxy) is 1. The molecule has 0 saturated heterocycles. The lowest BCUT2D eigenvalue weighted by Gasteiger charge is -2.19. The number of rotatable bonds is 8. The summed E-state index contributed by atoms with van der Waals surface area (Å²) in [6, 6.07) is 0.188.